The fourth-order valence-corrected chi connectivity index (χ4v) is 0.309. The first kappa shape index (κ1) is 11.5. The standard InChI is InChI=1S/C6H12O2.ClH/c1-4-8-6(7)5(2)3;/h5H,4H2,1-3H3;1H. The Hall–Kier alpha value is -0.240. The molecule has 0 aromatic carbocycles. The molecule has 56 valence electrons. The van der Waals surface area contributed by atoms with Gasteiger partial charge in [0.2, 0.25) is 0 Å². The third-order valence-corrected chi connectivity index (χ3v) is 0.758. The summed E-state index contributed by atoms with van der Waals surface area (Å²) >= 11 is 0. The van der Waals surface area contributed by atoms with Gasteiger partial charge < -0.3 is 4.74 Å². The fourth-order valence-electron chi connectivity index (χ4n) is 0.309. The normalized spacial score (nSPS) is 8.44. The summed E-state index contributed by atoms with van der Waals surface area (Å²) < 4.78 is 4.66. The maximum Gasteiger partial charge on any atom is 0.308 e. The molecule has 0 amide bonds. The van der Waals surface area contributed by atoms with E-state index in [9.17, 15) is 4.79 Å². The Labute approximate surface area is 62.0 Å². The minimum Gasteiger partial charge on any atom is -0.466 e. The van der Waals surface area contributed by atoms with Crippen LogP contribution in [0, 0.1) is 5.92 Å². The zero-order valence-electron chi connectivity index (χ0n) is 6.01. The molecule has 0 heterocycles. The summed E-state index contributed by atoms with van der Waals surface area (Å²) in [6.07, 6.45) is 0. The number of hydrogen-bond acceptors (Lipinski definition) is 2. The molecule has 0 atom stereocenters. The number of carbonyl (C=O) groups excluding carboxylic acids is 1. The van der Waals surface area contributed by atoms with Crippen LogP contribution in [0.15, 0.2) is 0 Å². The topological polar surface area (TPSA) is 26.3 Å². The van der Waals surface area contributed by atoms with Gasteiger partial charge in [-0.2, -0.15) is 0 Å². The van der Waals surface area contributed by atoms with Gasteiger partial charge in [-0.05, 0) is 6.92 Å². The quantitative estimate of drug-likeness (QED) is 0.563. The summed E-state index contributed by atoms with van der Waals surface area (Å²) in [7, 11) is 0. The molecule has 0 aliphatic heterocycles. The first-order chi connectivity index (χ1) is 3.68. The van der Waals surface area contributed by atoms with E-state index >= 15 is 0 Å². The Morgan fingerprint density at radius 1 is 1.56 bits per heavy atom. The molecule has 0 radical (unpaired) electrons. The van der Waals surface area contributed by atoms with E-state index < -0.39 is 0 Å². The van der Waals surface area contributed by atoms with Crippen molar-refractivity contribution in [1.82, 2.24) is 0 Å². The van der Waals surface area contributed by atoms with Crippen LogP contribution in [0.1, 0.15) is 20.8 Å². The van der Waals surface area contributed by atoms with Gasteiger partial charge in [-0.3, -0.25) is 4.79 Å². The van der Waals surface area contributed by atoms with E-state index in [0.717, 1.165) is 0 Å². The highest BCUT2D eigenvalue weighted by molar-refractivity contribution is 5.85. The van der Waals surface area contributed by atoms with Crippen LogP contribution in [-0.4, -0.2) is 12.6 Å². The lowest BCUT2D eigenvalue weighted by atomic mass is 10.2. The summed E-state index contributed by atoms with van der Waals surface area (Å²) in [5, 5.41) is 0. The van der Waals surface area contributed by atoms with Gasteiger partial charge in [0.1, 0.15) is 0 Å². The second-order valence-corrected chi connectivity index (χ2v) is 1.91. The van der Waals surface area contributed by atoms with Gasteiger partial charge in [-0.25, -0.2) is 0 Å². The number of rotatable bonds is 2. The van der Waals surface area contributed by atoms with Crippen LogP contribution in [0.5, 0.6) is 0 Å². The van der Waals surface area contributed by atoms with Crippen molar-refractivity contribution in [3.63, 3.8) is 0 Å². The van der Waals surface area contributed by atoms with E-state index in [1.165, 1.54) is 0 Å². The van der Waals surface area contributed by atoms with Crippen LogP contribution < -0.4 is 0 Å². The summed E-state index contributed by atoms with van der Waals surface area (Å²) in [5.41, 5.74) is 0. The molecular formula is C6H13ClO2. The monoisotopic (exact) mass is 152 g/mol. The summed E-state index contributed by atoms with van der Waals surface area (Å²) in [6.45, 7) is 5.92. The van der Waals surface area contributed by atoms with Gasteiger partial charge in [0, 0.05) is 0 Å². The number of halogens is 1. The molecule has 0 bridgehead atoms. The average Bonchev–Trinajstić information content (AvgIpc) is 1.67. The third kappa shape index (κ3) is 5.63. The number of carbonyl (C=O) groups is 1. The lowest BCUT2D eigenvalue weighted by Gasteiger charge is -2.01. The van der Waals surface area contributed by atoms with Crippen LogP contribution in [0.2, 0.25) is 0 Å². The molecule has 0 spiro atoms. The summed E-state index contributed by atoms with van der Waals surface area (Å²) in [4.78, 5) is 10.5. The van der Waals surface area contributed by atoms with Crippen molar-refractivity contribution in [3.05, 3.63) is 0 Å². The maximum absolute atomic E-state index is 10.5. The maximum atomic E-state index is 10.5. The Morgan fingerprint density at radius 3 is 2.11 bits per heavy atom. The molecule has 3 heteroatoms. The fraction of sp³-hybridized carbons (Fsp3) is 0.833. The summed E-state index contributed by atoms with van der Waals surface area (Å²) in [6, 6.07) is 0. The largest absolute Gasteiger partial charge is 0.466 e. The molecule has 0 N–H and O–H groups in total. The molecule has 0 aliphatic carbocycles. The molecule has 0 unspecified atom stereocenters. The third-order valence-electron chi connectivity index (χ3n) is 0.758. The molecule has 0 aliphatic rings. The van der Waals surface area contributed by atoms with Crippen LogP contribution >= 0.6 is 12.4 Å². The van der Waals surface area contributed by atoms with Crippen LogP contribution in [0.4, 0.5) is 0 Å². The lowest BCUT2D eigenvalue weighted by molar-refractivity contribution is -0.146. The minimum atomic E-state index is -0.118. The average molecular weight is 153 g/mol. The molecule has 0 aromatic rings. The number of ether oxygens (including phenoxy) is 1. The molecule has 0 rings (SSSR count). The van der Waals surface area contributed by atoms with Crippen LogP contribution in [0.3, 0.4) is 0 Å². The number of esters is 1. The second kappa shape index (κ2) is 5.89. The van der Waals surface area contributed by atoms with Crippen molar-refractivity contribution >= 4 is 18.4 Å². The van der Waals surface area contributed by atoms with Crippen molar-refractivity contribution in [2.45, 2.75) is 20.8 Å². The SMILES string of the molecule is CCOC(=O)C(C)C.Cl. The molecule has 0 saturated carbocycles. The Balaban J connectivity index is 0. The highest BCUT2D eigenvalue weighted by Gasteiger charge is 2.04. The van der Waals surface area contributed by atoms with Gasteiger partial charge in [-0.15, -0.1) is 12.4 Å². The Bertz CT molecular complexity index is 81.1. The Morgan fingerprint density at radius 2 is 2.00 bits per heavy atom. The smallest absolute Gasteiger partial charge is 0.308 e. The van der Waals surface area contributed by atoms with E-state index in [-0.39, 0.29) is 24.3 Å². The van der Waals surface area contributed by atoms with Crippen molar-refractivity contribution in [2.24, 2.45) is 5.92 Å². The van der Waals surface area contributed by atoms with E-state index in [1.54, 1.807) is 6.92 Å². The lowest BCUT2D eigenvalue weighted by Crippen LogP contribution is -2.10. The molecule has 2 nitrogen and oxygen atoms in total. The molecule has 9 heavy (non-hydrogen) atoms. The predicted octanol–water partition coefficient (Wildman–Crippen LogP) is 1.63. The van der Waals surface area contributed by atoms with Crippen LogP contribution in [0.25, 0.3) is 0 Å². The molecule has 0 saturated heterocycles. The van der Waals surface area contributed by atoms with Gasteiger partial charge in [0.25, 0.3) is 0 Å². The van der Waals surface area contributed by atoms with Crippen molar-refractivity contribution < 1.29 is 9.53 Å². The first-order valence-corrected chi connectivity index (χ1v) is 2.85. The first-order valence-electron chi connectivity index (χ1n) is 2.85. The number of hydrogen-bond donors (Lipinski definition) is 0. The highest BCUT2D eigenvalue weighted by Crippen LogP contribution is 1.93. The van der Waals surface area contributed by atoms with Gasteiger partial charge >= 0.3 is 5.97 Å². The van der Waals surface area contributed by atoms with E-state index in [0.29, 0.717) is 6.61 Å². The molecule has 0 fully saturated rings. The van der Waals surface area contributed by atoms with Gasteiger partial charge in [-0.1, -0.05) is 13.8 Å². The molecular weight excluding hydrogens is 140 g/mol. The van der Waals surface area contributed by atoms with Crippen molar-refractivity contribution in [3.8, 4) is 0 Å². The minimum absolute atomic E-state index is 0. The van der Waals surface area contributed by atoms with Crippen molar-refractivity contribution in [1.29, 1.82) is 0 Å². The van der Waals surface area contributed by atoms with Gasteiger partial charge in [0.15, 0.2) is 0 Å². The zero-order chi connectivity index (χ0) is 6.57. The van der Waals surface area contributed by atoms with E-state index in [1.807, 2.05) is 13.8 Å². The Kier molecular flexibility index (Phi) is 7.55. The van der Waals surface area contributed by atoms with Crippen LogP contribution in [-0.2, 0) is 9.53 Å². The van der Waals surface area contributed by atoms with E-state index in [2.05, 4.69) is 4.74 Å². The molecule has 0 aromatic heterocycles. The summed E-state index contributed by atoms with van der Waals surface area (Å²) in [5.74, 6) is -0.109. The zero-order valence-corrected chi connectivity index (χ0v) is 6.83. The van der Waals surface area contributed by atoms with Crippen molar-refractivity contribution in [2.75, 3.05) is 6.61 Å². The second-order valence-electron chi connectivity index (χ2n) is 1.91. The van der Waals surface area contributed by atoms with E-state index in [4.69, 9.17) is 0 Å². The predicted molar refractivity (Wildman–Crippen MR) is 38.7 cm³/mol. The highest BCUT2D eigenvalue weighted by atomic mass is 35.5. The van der Waals surface area contributed by atoms with Gasteiger partial charge in [0.05, 0.1) is 12.5 Å².